The van der Waals surface area contributed by atoms with Gasteiger partial charge in [0.15, 0.2) is 0 Å². The molecule has 0 aromatic heterocycles. The van der Waals surface area contributed by atoms with E-state index in [1.54, 1.807) is 38.1 Å². The highest BCUT2D eigenvalue weighted by Gasteiger charge is 2.30. The molecule has 3 rings (SSSR count). The lowest BCUT2D eigenvalue weighted by atomic mass is 10.0. The van der Waals surface area contributed by atoms with Crippen LogP contribution < -0.4 is 20.7 Å². The Bertz CT molecular complexity index is 1080. The standard InChI is InChI=1S/C24H25N3O7/c1-3-32-23(30)21-15(2)26-24(31)27-19(21)14-33-20(28)13-25-22(29)16-9-11-18(12-10-16)34-17-7-5-4-6-8-17/h4-12,15H,3,13-14H2,1-2H3,(H,25,29)(H2,26,27,31). The van der Waals surface area contributed by atoms with Crippen molar-refractivity contribution in [3.05, 3.63) is 71.4 Å². The van der Waals surface area contributed by atoms with Crippen LogP contribution in [0.4, 0.5) is 4.79 Å². The van der Waals surface area contributed by atoms with Crippen LogP contribution in [0.2, 0.25) is 0 Å². The Morgan fingerprint density at radius 1 is 0.971 bits per heavy atom. The first-order chi connectivity index (χ1) is 16.4. The molecule has 0 bridgehead atoms. The summed E-state index contributed by atoms with van der Waals surface area (Å²) in [5.74, 6) is -0.609. The number of ether oxygens (including phenoxy) is 3. The summed E-state index contributed by atoms with van der Waals surface area (Å²) in [5, 5.41) is 7.47. The predicted octanol–water partition coefficient (Wildman–Crippen LogP) is 2.27. The molecule has 0 radical (unpaired) electrons. The number of esters is 2. The van der Waals surface area contributed by atoms with Crippen LogP contribution in [0.3, 0.4) is 0 Å². The zero-order valence-electron chi connectivity index (χ0n) is 18.8. The largest absolute Gasteiger partial charge is 0.463 e. The third-order valence-electron chi connectivity index (χ3n) is 4.73. The summed E-state index contributed by atoms with van der Waals surface area (Å²) in [6, 6.07) is 14.5. The van der Waals surface area contributed by atoms with Crippen molar-refractivity contribution in [2.75, 3.05) is 19.8 Å². The number of hydrogen-bond acceptors (Lipinski definition) is 7. The van der Waals surface area contributed by atoms with Crippen LogP contribution >= 0.6 is 0 Å². The van der Waals surface area contributed by atoms with Crippen molar-refractivity contribution in [2.45, 2.75) is 19.9 Å². The van der Waals surface area contributed by atoms with Crippen LogP contribution in [0.1, 0.15) is 24.2 Å². The number of benzene rings is 2. The van der Waals surface area contributed by atoms with Crippen LogP contribution in [-0.4, -0.2) is 49.7 Å². The summed E-state index contributed by atoms with van der Waals surface area (Å²) in [6.45, 7) is 2.67. The summed E-state index contributed by atoms with van der Waals surface area (Å²) in [6.07, 6.45) is 0. The lowest BCUT2D eigenvalue weighted by Crippen LogP contribution is -2.50. The molecular formula is C24H25N3O7. The Morgan fingerprint density at radius 2 is 1.65 bits per heavy atom. The number of hydrogen-bond donors (Lipinski definition) is 3. The van der Waals surface area contributed by atoms with Gasteiger partial charge < -0.3 is 30.2 Å². The molecule has 2 aromatic rings. The molecule has 0 saturated carbocycles. The molecular weight excluding hydrogens is 442 g/mol. The first-order valence-electron chi connectivity index (χ1n) is 10.6. The average molecular weight is 467 g/mol. The average Bonchev–Trinajstić information content (AvgIpc) is 2.82. The van der Waals surface area contributed by atoms with Crippen molar-refractivity contribution in [1.82, 2.24) is 16.0 Å². The van der Waals surface area contributed by atoms with Gasteiger partial charge in [0.05, 0.1) is 23.9 Å². The predicted molar refractivity (Wildman–Crippen MR) is 121 cm³/mol. The van der Waals surface area contributed by atoms with Crippen molar-refractivity contribution < 1.29 is 33.4 Å². The monoisotopic (exact) mass is 467 g/mol. The van der Waals surface area contributed by atoms with Gasteiger partial charge in [-0.3, -0.25) is 9.59 Å². The van der Waals surface area contributed by atoms with Crippen molar-refractivity contribution in [1.29, 1.82) is 0 Å². The van der Waals surface area contributed by atoms with Crippen molar-refractivity contribution in [2.24, 2.45) is 0 Å². The molecule has 1 heterocycles. The van der Waals surface area contributed by atoms with E-state index in [1.165, 1.54) is 0 Å². The topological polar surface area (TPSA) is 132 Å². The maximum Gasteiger partial charge on any atom is 0.338 e. The summed E-state index contributed by atoms with van der Waals surface area (Å²) >= 11 is 0. The third-order valence-corrected chi connectivity index (χ3v) is 4.73. The maximum atomic E-state index is 12.3. The quantitative estimate of drug-likeness (QED) is 0.482. The van der Waals surface area contributed by atoms with Gasteiger partial charge >= 0.3 is 18.0 Å². The van der Waals surface area contributed by atoms with E-state index in [1.807, 2.05) is 30.3 Å². The van der Waals surface area contributed by atoms with Gasteiger partial charge in [0.2, 0.25) is 0 Å². The molecule has 3 amide bonds. The number of carbonyl (C=O) groups excluding carboxylic acids is 4. The van der Waals surface area contributed by atoms with Gasteiger partial charge in [-0.1, -0.05) is 18.2 Å². The van der Waals surface area contributed by atoms with Gasteiger partial charge in [-0.2, -0.15) is 0 Å². The van der Waals surface area contributed by atoms with Crippen LogP contribution in [0.5, 0.6) is 11.5 Å². The molecule has 1 unspecified atom stereocenters. The van der Waals surface area contributed by atoms with Crippen molar-refractivity contribution in [3.8, 4) is 11.5 Å². The number of urea groups is 1. The van der Waals surface area contributed by atoms with Crippen molar-refractivity contribution in [3.63, 3.8) is 0 Å². The second-order valence-corrected chi connectivity index (χ2v) is 7.22. The molecule has 10 heteroatoms. The third kappa shape index (κ3) is 6.58. The molecule has 10 nitrogen and oxygen atoms in total. The summed E-state index contributed by atoms with van der Waals surface area (Å²) < 4.78 is 15.8. The Morgan fingerprint density at radius 3 is 2.32 bits per heavy atom. The molecule has 178 valence electrons. The van der Waals surface area contributed by atoms with Gasteiger partial charge in [0, 0.05) is 5.56 Å². The second-order valence-electron chi connectivity index (χ2n) is 7.22. The molecule has 2 aromatic carbocycles. The van der Waals surface area contributed by atoms with Gasteiger partial charge in [-0.05, 0) is 50.2 Å². The van der Waals surface area contributed by atoms with E-state index in [0.717, 1.165) is 0 Å². The summed E-state index contributed by atoms with van der Waals surface area (Å²) in [4.78, 5) is 48.4. The molecule has 0 aliphatic carbocycles. The Balaban J connectivity index is 1.52. The van der Waals surface area contributed by atoms with Crippen LogP contribution in [0.15, 0.2) is 65.9 Å². The van der Waals surface area contributed by atoms with E-state index in [2.05, 4.69) is 16.0 Å². The number of amides is 3. The minimum absolute atomic E-state index is 0.128. The molecule has 1 aliphatic heterocycles. The Labute approximate surface area is 196 Å². The molecule has 1 atom stereocenters. The highest BCUT2D eigenvalue weighted by molar-refractivity contribution is 5.96. The Hall–Kier alpha value is -4.34. The first-order valence-corrected chi connectivity index (χ1v) is 10.6. The fourth-order valence-corrected chi connectivity index (χ4v) is 3.15. The SMILES string of the molecule is CCOC(=O)C1=C(COC(=O)CNC(=O)c2ccc(Oc3ccccc3)cc2)NC(=O)NC1C. The first kappa shape index (κ1) is 24.3. The van der Waals surface area contributed by atoms with Crippen LogP contribution in [-0.2, 0) is 19.1 Å². The van der Waals surface area contributed by atoms with Crippen LogP contribution in [0.25, 0.3) is 0 Å². The lowest BCUT2D eigenvalue weighted by molar-refractivity contribution is -0.142. The molecule has 3 N–H and O–H groups in total. The van der Waals surface area contributed by atoms with Crippen molar-refractivity contribution >= 4 is 23.9 Å². The molecule has 0 saturated heterocycles. The van der Waals surface area contributed by atoms with Gasteiger partial charge in [-0.25, -0.2) is 9.59 Å². The second kappa shape index (κ2) is 11.5. The fourth-order valence-electron chi connectivity index (χ4n) is 3.15. The highest BCUT2D eigenvalue weighted by atomic mass is 16.5. The Kier molecular flexibility index (Phi) is 8.22. The number of nitrogens with one attached hydrogen (secondary N) is 3. The molecule has 0 spiro atoms. The molecule has 1 aliphatic rings. The fraction of sp³-hybridized carbons (Fsp3) is 0.250. The summed E-state index contributed by atoms with van der Waals surface area (Å²) in [5.41, 5.74) is 0.624. The molecule has 34 heavy (non-hydrogen) atoms. The number of carbonyl (C=O) groups is 4. The van der Waals surface area contributed by atoms with E-state index < -0.39 is 36.5 Å². The van der Waals surface area contributed by atoms with Gasteiger partial charge in [-0.15, -0.1) is 0 Å². The van der Waals surface area contributed by atoms with E-state index >= 15 is 0 Å². The van der Waals surface area contributed by atoms with E-state index in [4.69, 9.17) is 14.2 Å². The zero-order chi connectivity index (χ0) is 24.5. The van der Waals surface area contributed by atoms with Gasteiger partial charge in [0.1, 0.15) is 24.7 Å². The normalized spacial score (nSPS) is 15.0. The van der Waals surface area contributed by atoms with Gasteiger partial charge in [0.25, 0.3) is 5.91 Å². The van der Waals surface area contributed by atoms with E-state index in [9.17, 15) is 19.2 Å². The van der Waals surface area contributed by atoms with Crippen LogP contribution in [0, 0.1) is 0 Å². The highest BCUT2D eigenvalue weighted by Crippen LogP contribution is 2.21. The smallest absolute Gasteiger partial charge is 0.338 e. The minimum atomic E-state index is -0.742. The lowest BCUT2D eigenvalue weighted by Gasteiger charge is -2.26. The number of rotatable bonds is 9. The molecule has 0 fully saturated rings. The maximum absolute atomic E-state index is 12.3. The number of para-hydroxylation sites is 1. The zero-order valence-corrected chi connectivity index (χ0v) is 18.8. The summed E-state index contributed by atoms with van der Waals surface area (Å²) in [7, 11) is 0. The van der Waals surface area contributed by atoms with E-state index in [-0.39, 0.29) is 24.5 Å². The minimum Gasteiger partial charge on any atom is -0.463 e. The van der Waals surface area contributed by atoms with E-state index in [0.29, 0.717) is 17.1 Å².